The van der Waals surface area contributed by atoms with Crippen LogP contribution >= 0.6 is 11.8 Å². The molecule has 0 saturated carbocycles. The third kappa shape index (κ3) is 4.64. The number of nitrogens with zero attached hydrogens (tertiary/aromatic N) is 2. The number of amides is 2. The van der Waals surface area contributed by atoms with Gasteiger partial charge in [0.1, 0.15) is 28.9 Å². The summed E-state index contributed by atoms with van der Waals surface area (Å²) < 4.78 is 4.66. The van der Waals surface area contributed by atoms with E-state index in [4.69, 9.17) is 4.74 Å². The Morgan fingerprint density at radius 3 is 2.43 bits per heavy atom. The van der Waals surface area contributed by atoms with Crippen molar-refractivity contribution in [1.82, 2.24) is 10.2 Å². The number of carboxylic acids is 1. The van der Waals surface area contributed by atoms with Crippen molar-refractivity contribution in [2.75, 3.05) is 6.61 Å². The Morgan fingerprint density at radius 2 is 1.84 bits per heavy atom. The number of carboxylic acid groups (broad SMARTS) is 1. The number of fused-ring (bicyclic) bond motifs is 1. The number of aliphatic imine (C=N–C) groups is 1. The lowest BCUT2D eigenvalue weighted by Crippen LogP contribution is -2.70. The minimum Gasteiger partial charge on any atom is -0.515 e. The summed E-state index contributed by atoms with van der Waals surface area (Å²) >= 11 is 1.27. The number of carbonyl (C=O) groups is 5. The van der Waals surface area contributed by atoms with Crippen molar-refractivity contribution in [2.24, 2.45) is 4.99 Å². The number of aliphatic hydroxyl groups excluding tert-OH is 1. The van der Waals surface area contributed by atoms with Crippen LogP contribution in [0, 0.1) is 0 Å². The molecule has 194 valence electrons. The average Bonchev–Trinajstić information content (AvgIpc) is 3.11. The molecular formula is C25H25N3O8S. The topological polar surface area (TPSA) is 163 Å². The molecule has 0 spiro atoms. The summed E-state index contributed by atoms with van der Waals surface area (Å²) in [5.74, 6) is -3.19. The van der Waals surface area contributed by atoms with E-state index in [0.717, 1.165) is 12.2 Å². The van der Waals surface area contributed by atoms with E-state index < -0.39 is 63.3 Å². The lowest BCUT2D eigenvalue weighted by Gasteiger charge is -2.43. The molecule has 3 aliphatic rings. The third-order valence-corrected chi connectivity index (χ3v) is 7.83. The van der Waals surface area contributed by atoms with Gasteiger partial charge >= 0.3 is 5.97 Å². The van der Waals surface area contributed by atoms with Crippen molar-refractivity contribution in [3.63, 3.8) is 0 Å². The zero-order chi connectivity index (χ0) is 27.1. The van der Waals surface area contributed by atoms with Crippen LogP contribution in [0.15, 0.2) is 53.2 Å². The molecule has 0 aromatic heterocycles. The zero-order valence-corrected chi connectivity index (χ0v) is 21.0. The minimum absolute atomic E-state index is 0.340. The molecule has 0 radical (unpaired) electrons. The van der Waals surface area contributed by atoms with Crippen molar-refractivity contribution < 1.29 is 38.9 Å². The number of β-lactam (4-membered cyclic amide) rings is 1. The van der Waals surface area contributed by atoms with Crippen LogP contribution in [0.25, 0.3) is 0 Å². The van der Waals surface area contributed by atoms with Gasteiger partial charge in [0.25, 0.3) is 0 Å². The van der Waals surface area contributed by atoms with Crippen molar-refractivity contribution >= 4 is 46.8 Å². The number of carbonyl (C=O) groups excluding carboxylic acids is 4. The molecule has 11 nitrogen and oxygen atoms in total. The number of hydrogen-bond acceptors (Lipinski definition) is 9. The predicted molar refractivity (Wildman–Crippen MR) is 133 cm³/mol. The van der Waals surface area contributed by atoms with E-state index in [1.807, 2.05) is 6.92 Å². The highest BCUT2D eigenvalue weighted by atomic mass is 32.2. The summed E-state index contributed by atoms with van der Waals surface area (Å²) in [5, 5.41) is 21.2. The average molecular weight is 528 g/mol. The van der Waals surface area contributed by atoms with Gasteiger partial charge in [-0.2, -0.15) is 0 Å². The second kappa shape index (κ2) is 9.85. The molecule has 2 fully saturated rings. The molecule has 2 saturated heterocycles. The highest BCUT2D eigenvalue weighted by molar-refractivity contribution is 8.01. The molecule has 1 aromatic carbocycles. The van der Waals surface area contributed by atoms with Crippen LogP contribution in [0.4, 0.5) is 0 Å². The van der Waals surface area contributed by atoms with Crippen molar-refractivity contribution in [3.8, 4) is 5.75 Å². The smallest absolute Gasteiger partial charge is 0.327 e. The highest BCUT2D eigenvalue weighted by Gasteiger charge is 2.64. The van der Waals surface area contributed by atoms with E-state index in [1.165, 1.54) is 16.7 Å². The zero-order valence-electron chi connectivity index (χ0n) is 20.2. The van der Waals surface area contributed by atoms with Crippen LogP contribution in [0.3, 0.4) is 0 Å². The highest BCUT2D eigenvalue weighted by Crippen LogP contribution is 2.50. The van der Waals surface area contributed by atoms with E-state index in [2.05, 4.69) is 10.3 Å². The summed E-state index contributed by atoms with van der Waals surface area (Å²) in [6.45, 7) is 5.68. The van der Waals surface area contributed by atoms with Gasteiger partial charge in [-0.05, 0) is 50.6 Å². The van der Waals surface area contributed by atoms with E-state index in [0.29, 0.717) is 24.2 Å². The fourth-order valence-corrected chi connectivity index (χ4v) is 6.16. The standard InChI is InChI=1S/C25H25N3O8S/c1-4-36-13-7-5-12(6-8-13)17(26-18-14(11-29)15(30)9-10-16(18)31)21(32)27-19-22(33)28-20(24(34)35)25(2,3)37-23(19)28/h5-11,17,19-20,23,29H,4H2,1-3H3,(H,27,32)(H,34,35)/b14-11-,26-18?/t17-,19-,20+,23-/m1/s1. The summed E-state index contributed by atoms with van der Waals surface area (Å²) in [6.07, 6.45) is 2.46. The first kappa shape index (κ1) is 26.1. The summed E-state index contributed by atoms with van der Waals surface area (Å²) in [5.41, 5.74) is -0.417. The van der Waals surface area contributed by atoms with E-state index in [1.54, 1.807) is 38.1 Å². The molecule has 4 rings (SSSR count). The fraction of sp³-hybridized carbons (Fsp3) is 0.360. The molecule has 4 atom stereocenters. The van der Waals surface area contributed by atoms with Crippen molar-refractivity contribution in [1.29, 1.82) is 0 Å². The molecule has 1 aliphatic carbocycles. The summed E-state index contributed by atoms with van der Waals surface area (Å²) in [6, 6.07) is 2.95. The Labute approximate surface area is 216 Å². The first-order valence-corrected chi connectivity index (χ1v) is 12.3. The van der Waals surface area contributed by atoms with Gasteiger partial charge < -0.3 is 25.2 Å². The monoisotopic (exact) mass is 527 g/mol. The minimum atomic E-state index is -1.36. The van der Waals surface area contributed by atoms with Gasteiger partial charge in [-0.25, -0.2) is 4.79 Å². The van der Waals surface area contributed by atoms with Crippen LogP contribution in [0.5, 0.6) is 5.75 Å². The lowest BCUT2D eigenvalue weighted by atomic mass is 9.95. The number of rotatable bonds is 7. The predicted octanol–water partition coefficient (Wildman–Crippen LogP) is 1.35. The van der Waals surface area contributed by atoms with Crippen LogP contribution in [-0.4, -0.2) is 79.0 Å². The molecule has 2 heterocycles. The Kier molecular flexibility index (Phi) is 6.96. The first-order valence-electron chi connectivity index (χ1n) is 11.5. The van der Waals surface area contributed by atoms with Gasteiger partial charge in [0.15, 0.2) is 11.8 Å². The number of nitrogens with one attached hydrogen (secondary N) is 1. The van der Waals surface area contributed by atoms with Gasteiger partial charge in [0.05, 0.1) is 18.4 Å². The number of allylic oxidation sites excluding steroid dienone is 3. The first-order chi connectivity index (χ1) is 17.5. The number of hydrogen-bond donors (Lipinski definition) is 3. The second-order valence-electron chi connectivity index (χ2n) is 9.07. The molecule has 12 heteroatoms. The number of ether oxygens (including phenoxy) is 1. The number of thioether (sulfide) groups is 1. The molecule has 3 N–H and O–H groups in total. The number of aliphatic carboxylic acids is 1. The van der Waals surface area contributed by atoms with Crippen LogP contribution in [0.2, 0.25) is 0 Å². The molecule has 0 unspecified atom stereocenters. The largest absolute Gasteiger partial charge is 0.515 e. The SMILES string of the molecule is CCOc1ccc([C@@H](N=C2C(=O)C=CC(=O)/C2=C/O)C(=O)N[C@@H]2C(=O)N3[C@@H]2SC(C)(C)[C@@H]3C(=O)O)cc1. The summed E-state index contributed by atoms with van der Waals surface area (Å²) in [4.78, 5) is 68.3. The Morgan fingerprint density at radius 1 is 1.19 bits per heavy atom. The lowest BCUT2D eigenvalue weighted by molar-refractivity contribution is -0.161. The molecule has 37 heavy (non-hydrogen) atoms. The van der Waals surface area contributed by atoms with Gasteiger partial charge in [0, 0.05) is 4.75 Å². The van der Waals surface area contributed by atoms with Crippen LogP contribution in [0.1, 0.15) is 32.4 Å². The van der Waals surface area contributed by atoms with E-state index in [9.17, 15) is 34.2 Å². The fourth-order valence-electron chi connectivity index (χ4n) is 4.53. The quantitative estimate of drug-likeness (QED) is 0.270. The van der Waals surface area contributed by atoms with Crippen LogP contribution < -0.4 is 10.1 Å². The Bertz CT molecular complexity index is 1270. The molecule has 1 aromatic rings. The Balaban J connectivity index is 1.66. The number of benzene rings is 1. The maximum Gasteiger partial charge on any atom is 0.327 e. The third-order valence-electron chi connectivity index (χ3n) is 6.26. The number of ketones is 2. The normalized spacial score (nSPS) is 27.2. The van der Waals surface area contributed by atoms with Gasteiger partial charge in [-0.1, -0.05) is 12.1 Å². The molecule has 0 bridgehead atoms. The number of aliphatic hydroxyl groups is 1. The Hall–Kier alpha value is -3.93. The van der Waals surface area contributed by atoms with Crippen molar-refractivity contribution in [2.45, 2.75) is 49.0 Å². The van der Waals surface area contributed by atoms with Gasteiger partial charge in [-0.15, -0.1) is 11.8 Å². The molecule has 2 aliphatic heterocycles. The van der Waals surface area contributed by atoms with Crippen molar-refractivity contribution in [3.05, 3.63) is 53.8 Å². The molecule has 2 amide bonds. The van der Waals surface area contributed by atoms with E-state index >= 15 is 0 Å². The maximum atomic E-state index is 13.5. The van der Waals surface area contributed by atoms with Gasteiger partial charge in [-0.3, -0.25) is 24.2 Å². The second-order valence-corrected chi connectivity index (χ2v) is 10.8. The molecular weight excluding hydrogens is 502 g/mol. The van der Waals surface area contributed by atoms with E-state index in [-0.39, 0.29) is 5.57 Å². The summed E-state index contributed by atoms with van der Waals surface area (Å²) in [7, 11) is 0. The maximum absolute atomic E-state index is 13.5. The van der Waals surface area contributed by atoms with Gasteiger partial charge in [0.2, 0.25) is 17.6 Å². The van der Waals surface area contributed by atoms with Crippen LogP contribution in [-0.2, 0) is 24.0 Å².